The number of carbonyl (C=O) groups excluding carboxylic acids is 2. The minimum Gasteiger partial charge on any atom is -0.494 e. The first-order chi connectivity index (χ1) is 11.0. The van der Waals surface area contributed by atoms with E-state index >= 15 is 0 Å². The van der Waals surface area contributed by atoms with E-state index in [-0.39, 0.29) is 17.9 Å². The van der Waals surface area contributed by atoms with Crippen LogP contribution in [-0.2, 0) is 9.59 Å². The van der Waals surface area contributed by atoms with Gasteiger partial charge in [-0.25, -0.2) is 0 Å². The third kappa shape index (κ3) is 6.22. The third-order valence-corrected chi connectivity index (χ3v) is 4.46. The molecule has 0 unspecified atom stereocenters. The number of hydrogen-bond donors (Lipinski definition) is 1. The van der Waals surface area contributed by atoms with Gasteiger partial charge in [0.2, 0.25) is 11.8 Å². The highest BCUT2D eigenvalue weighted by atomic mass is 79.9. The first-order valence-electron chi connectivity index (χ1n) is 7.98. The van der Waals surface area contributed by atoms with Crippen LogP contribution in [-0.4, -0.2) is 42.5 Å². The Labute approximate surface area is 145 Å². The van der Waals surface area contributed by atoms with Crippen molar-refractivity contribution >= 4 is 27.7 Å². The van der Waals surface area contributed by atoms with Crippen molar-refractivity contribution in [1.82, 2.24) is 10.2 Å². The molecule has 1 aliphatic heterocycles. The highest BCUT2D eigenvalue weighted by Gasteiger charge is 2.21. The molecule has 2 rings (SSSR count). The van der Waals surface area contributed by atoms with E-state index in [1.54, 1.807) is 6.92 Å². The normalized spacial score (nSPS) is 15.3. The summed E-state index contributed by atoms with van der Waals surface area (Å²) in [5, 5.41) is 3.05. The molecule has 1 aromatic rings. The lowest BCUT2D eigenvalue weighted by Crippen LogP contribution is -2.46. The van der Waals surface area contributed by atoms with E-state index in [1.165, 1.54) is 0 Å². The maximum absolute atomic E-state index is 11.9. The Balaban J connectivity index is 1.58. The predicted molar refractivity (Wildman–Crippen MR) is 92.3 cm³/mol. The number of likely N-dealkylation sites (tertiary alicyclic amines) is 1. The summed E-state index contributed by atoms with van der Waals surface area (Å²) >= 11 is 3.37. The fourth-order valence-corrected chi connectivity index (χ4v) is 2.86. The quantitative estimate of drug-likeness (QED) is 0.769. The largest absolute Gasteiger partial charge is 0.494 e. The van der Waals surface area contributed by atoms with Gasteiger partial charge in [0.05, 0.1) is 6.61 Å². The Kier molecular flexibility index (Phi) is 6.89. The van der Waals surface area contributed by atoms with Gasteiger partial charge in [-0.1, -0.05) is 15.9 Å². The second-order valence-corrected chi connectivity index (χ2v) is 6.67. The number of halogens is 1. The van der Waals surface area contributed by atoms with Crippen LogP contribution in [0.25, 0.3) is 0 Å². The van der Waals surface area contributed by atoms with E-state index in [9.17, 15) is 9.59 Å². The average molecular weight is 383 g/mol. The van der Waals surface area contributed by atoms with Gasteiger partial charge in [0.15, 0.2) is 0 Å². The molecule has 1 fully saturated rings. The van der Waals surface area contributed by atoms with E-state index in [4.69, 9.17) is 4.74 Å². The lowest BCUT2D eigenvalue weighted by atomic mass is 10.0. The molecule has 2 amide bonds. The van der Waals surface area contributed by atoms with Crippen LogP contribution in [0.1, 0.15) is 32.6 Å². The zero-order valence-electron chi connectivity index (χ0n) is 13.4. The molecule has 1 aliphatic rings. The zero-order chi connectivity index (χ0) is 16.7. The Morgan fingerprint density at radius 1 is 1.26 bits per heavy atom. The average Bonchev–Trinajstić information content (AvgIpc) is 2.54. The predicted octanol–water partition coefficient (Wildman–Crippen LogP) is 2.74. The fourth-order valence-electron chi connectivity index (χ4n) is 2.59. The lowest BCUT2D eigenvalue weighted by molar-refractivity contribution is -0.130. The third-order valence-electron chi connectivity index (χ3n) is 3.94. The Hall–Kier alpha value is -1.56. The lowest BCUT2D eigenvalue weighted by Gasteiger charge is -2.31. The van der Waals surface area contributed by atoms with Crippen LogP contribution in [0.15, 0.2) is 28.7 Å². The molecule has 23 heavy (non-hydrogen) atoms. The first kappa shape index (κ1) is 17.8. The van der Waals surface area contributed by atoms with Gasteiger partial charge in [-0.3, -0.25) is 9.59 Å². The summed E-state index contributed by atoms with van der Waals surface area (Å²) in [4.78, 5) is 25.0. The summed E-state index contributed by atoms with van der Waals surface area (Å²) < 4.78 is 6.61. The molecule has 0 aliphatic carbocycles. The first-order valence-corrected chi connectivity index (χ1v) is 8.77. The van der Waals surface area contributed by atoms with Crippen LogP contribution >= 0.6 is 15.9 Å². The smallest absolute Gasteiger partial charge is 0.220 e. The van der Waals surface area contributed by atoms with Crippen molar-refractivity contribution in [2.24, 2.45) is 0 Å². The van der Waals surface area contributed by atoms with Gasteiger partial charge in [0.1, 0.15) is 5.75 Å². The van der Waals surface area contributed by atoms with Crippen LogP contribution < -0.4 is 10.1 Å². The number of nitrogens with zero attached hydrogens (tertiary/aromatic N) is 1. The molecule has 0 saturated carbocycles. The number of amides is 2. The molecule has 6 heteroatoms. The summed E-state index contributed by atoms with van der Waals surface area (Å²) in [6.07, 6.45) is 2.82. The van der Waals surface area contributed by atoms with Crippen LogP contribution in [0.4, 0.5) is 0 Å². The minimum absolute atomic E-state index is 0.0608. The molecule has 1 N–H and O–H groups in total. The van der Waals surface area contributed by atoms with E-state index in [2.05, 4.69) is 21.2 Å². The molecule has 0 bridgehead atoms. The number of rotatable bonds is 6. The second kappa shape index (κ2) is 8.91. The van der Waals surface area contributed by atoms with E-state index in [1.807, 2.05) is 29.2 Å². The molecule has 126 valence electrons. The van der Waals surface area contributed by atoms with E-state index in [0.29, 0.717) is 19.4 Å². The monoisotopic (exact) mass is 382 g/mol. The molecule has 1 heterocycles. The molecule has 5 nitrogen and oxygen atoms in total. The molecule has 0 radical (unpaired) electrons. The molecular weight excluding hydrogens is 360 g/mol. The topological polar surface area (TPSA) is 58.6 Å². The van der Waals surface area contributed by atoms with Crippen LogP contribution in [0, 0.1) is 0 Å². The number of hydrogen-bond acceptors (Lipinski definition) is 3. The Morgan fingerprint density at radius 3 is 2.52 bits per heavy atom. The second-order valence-electron chi connectivity index (χ2n) is 5.75. The number of benzene rings is 1. The van der Waals surface area contributed by atoms with Crippen molar-refractivity contribution in [1.29, 1.82) is 0 Å². The van der Waals surface area contributed by atoms with Crippen LogP contribution in [0.2, 0.25) is 0 Å². The van der Waals surface area contributed by atoms with Crippen LogP contribution in [0.5, 0.6) is 5.75 Å². The minimum atomic E-state index is 0.0608. The summed E-state index contributed by atoms with van der Waals surface area (Å²) in [7, 11) is 0. The molecule has 0 aromatic heterocycles. The number of piperidine rings is 1. The molecule has 0 atom stereocenters. The SMILES string of the molecule is CC(=O)N1CCC(NC(=O)CCCOc2ccc(Br)cc2)CC1. The Morgan fingerprint density at radius 2 is 1.91 bits per heavy atom. The number of carbonyl (C=O) groups is 2. The molecule has 1 saturated heterocycles. The van der Waals surface area contributed by atoms with Gasteiger partial charge in [-0.15, -0.1) is 0 Å². The molecular formula is C17H23BrN2O3. The summed E-state index contributed by atoms with van der Waals surface area (Å²) in [6.45, 7) is 3.57. The van der Waals surface area contributed by atoms with Gasteiger partial charge >= 0.3 is 0 Å². The summed E-state index contributed by atoms with van der Waals surface area (Å²) in [5.41, 5.74) is 0. The number of ether oxygens (including phenoxy) is 1. The van der Waals surface area contributed by atoms with Crippen LogP contribution in [0.3, 0.4) is 0 Å². The Bertz CT molecular complexity index is 525. The number of nitrogens with one attached hydrogen (secondary N) is 1. The maximum atomic E-state index is 11.9. The van der Waals surface area contributed by atoms with E-state index in [0.717, 1.165) is 36.2 Å². The van der Waals surface area contributed by atoms with E-state index < -0.39 is 0 Å². The van der Waals surface area contributed by atoms with Crippen molar-refractivity contribution < 1.29 is 14.3 Å². The van der Waals surface area contributed by atoms with Gasteiger partial charge < -0.3 is 15.0 Å². The van der Waals surface area contributed by atoms with Gasteiger partial charge in [0.25, 0.3) is 0 Å². The van der Waals surface area contributed by atoms with Crippen molar-refractivity contribution in [2.75, 3.05) is 19.7 Å². The summed E-state index contributed by atoms with van der Waals surface area (Å²) in [6, 6.07) is 7.83. The van der Waals surface area contributed by atoms with Gasteiger partial charge in [-0.05, 0) is 43.5 Å². The highest BCUT2D eigenvalue weighted by molar-refractivity contribution is 9.10. The van der Waals surface area contributed by atoms with Gasteiger partial charge in [0, 0.05) is 36.9 Å². The summed E-state index contributed by atoms with van der Waals surface area (Å²) in [5.74, 6) is 0.982. The van der Waals surface area contributed by atoms with Crippen molar-refractivity contribution in [3.8, 4) is 5.75 Å². The zero-order valence-corrected chi connectivity index (χ0v) is 15.0. The standard InChI is InChI=1S/C17H23BrN2O3/c1-13(21)20-10-8-15(9-11-20)19-17(22)3-2-12-23-16-6-4-14(18)5-7-16/h4-7,15H,2-3,8-12H2,1H3,(H,19,22). The highest BCUT2D eigenvalue weighted by Crippen LogP contribution is 2.16. The van der Waals surface area contributed by atoms with Crippen molar-refractivity contribution in [3.63, 3.8) is 0 Å². The van der Waals surface area contributed by atoms with Crippen molar-refractivity contribution in [3.05, 3.63) is 28.7 Å². The van der Waals surface area contributed by atoms with Crippen molar-refractivity contribution in [2.45, 2.75) is 38.6 Å². The molecule has 0 spiro atoms. The fraction of sp³-hybridized carbons (Fsp3) is 0.529. The maximum Gasteiger partial charge on any atom is 0.220 e. The molecule has 1 aromatic carbocycles. The van der Waals surface area contributed by atoms with Gasteiger partial charge in [-0.2, -0.15) is 0 Å².